The van der Waals surface area contributed by atoms with Crippen molar-refractivity contribution in [2.24, 2.45) is 0 Å². The van der Waals surface area contributed by atoms with Gasteiger partial charge in [0.25, 0.3) is 5.89 Å². The fraction of sp³-hybridized carbons (Fsp3) is 0.167. The van der Waals surface area contributed by atoms with Crippen LogP contribution < -0.4 is 4.74 Å². The second-order valence-corrected chi connectivity index (χ2v) is 7.55. The maximum atomic E-state index is 5.84. The Labute approximate surface area is 179 Å². The maximum absolute atomic E-state index is 5.84. The van der Waals surface area contributed by atoms with Crippen molar-refractivity contribution in [3.05, 3.63) is 78.4 Å². The summed E-state index contributed by atoms with van der Waals surface area (Å²) in [6.07, 6.45) is 0. The largest absolute Gasteiger partial charge is 0.489 e. The molecular weight excluding hydrogens is 390 g/mol. The first kappa shape index (κ1) is 19.0. The third-order valence-electron chi connectivity index (χ3n) is 4.99. The van der Waals surface area contributed by atoms with Gasteiger partial charge in [0.15, 0.2) is 0 Å². The minimum absolute atomic E-state index is 0.241. The zero-order valence-electron chi connectivity index (χ0n) is 17.3. The van der Waals surface area contributed by atoms with E-state index in [2.05, 4.69) is 34.3 Å². The molecule has 0 saturated carbocycles. The van der Waals surface area contributed by atoms with Crippen molar-refractivity contribution in [3.63, 3.8) is 0 Å². The Hall–Kier alpha value is -4.00. The first-order valence-corrected chi connectivity index (χ1v) is 10.1. The van der Waals surface area contributed by atoms with Crippen LogP contribution in [-0.4, -0.2) is 25.1 Å². The van der Waals surface area contributed by atoms with Gasteiger partial charge in [0.2, 0.25) is 5.82 Å². The quantitative estimate of drug-likeness (QED) is 0.377. The highest BCUT2D eigenvalue weighted by atomic mass is 16.5. The van der Waals surface area contributed by atoms with Crippen LogP contribution in [0.1, 0.15) is 25.5 Å². The summed E-state index contributed by atoms with van der Waals surface area (Å²) in [4.78, 5) is 4.55. The SMILES string of the molecule is CC(C)n1nnc2cc(-c3nc(-c4ccc(OCc5ccccc5)cc4)no3)ccc21. The number of ether oxygens (including phenoxy) is 1. The second-order valence-electron chi connectivity index (χ2n) is 7.55. The molecule has 2 heterocycles. The molecule has 31 heavy (non-hydrogen) atoms. The van der Waals surface area contributed by atoms with E-state index in [9.17, 15) is 0 Å². The molecule has 0 N–H and O–H groups in total. The van der Waals surface area contributed by atoms with Crippen LogP contribution >= 0.6 is 0 Å². The van der Waals surface area contributed by atoms with Gasteiger partial charge in [-0.1, -0.05) is 40.7 Å². The molecule has 0 unspecified atom stereocenters. The summed E-state index contributed by atoms with van der Waals surface area (Å²) in [6.45, 7) is 4.67. The van der Waals surface area contributed by atoms with E-state index in [4.69, 9.17) is 9.26 Å². The van der Waals surface area contributed by atoms with Gasteiger partial charge in [-0.2, -0.15) is 4.98 Å². The van der Waals surface area contributed by atoms with E-state index >= 15 is 0 Å². The summed E-state index contributed by atoms with van der Waals surface area (Å²) in [6, 6.07) is 23.8. The molecule has 3 aromatic carbocycles. The molecule has 0 fully saturated rings. The third kappa shape index (κ3) is 3.90. The van der Waals surface area contributed by atoms with Crippen molar-refractivity contribution in [1.82, 2.24) is 25.1 Å². The topological polar surface area (TPSA) is 78.9 Å². The molecule has 0 saturated heterocycles. The Kier molecular flexibility index (Phi) is 4.92. The van der Waals surface area contributed by atoms with Crippen LogP contribution in [0.5, 0.6) is 5.75 Å². The summed E-state index contributed by atoms with van der Waals surface area (Å²) in [7, 11) is 0. The normalized spacial score (nSPS) is 11.3. The maximum Gasteiger partial charge on any atom is 0.258 e. The summed E-state index contributed by atoms with van der Waals surface area (Å²) >= 11 is 0. The molecule has 0 atom stereocenters. The standard InChI is InChI=1S/C24H21N5O2/c1-16(2)29-22-13-10-19(14-21(22)26-28-29)24-25-23(27-31-24)18-8-11-20(12-9-18)30-15-17-6-4-3-5-7-17/h3-14,16H,15H2,1-2H3. The molecule has 0 aliphatic rings. The van der Waals surface area contributed by atoms with Crippen LogP contribution in [0.2, 0.25) is 0 Å². The molecular formula is C24H21N5O2. The monoisotopic (exact) mass is 411 g/mol. The number of benzene rings is 3. The molecule has 0 radical (unpaired) electrons. The lowest BCUT2D eigenvalue weighted by molar-refractivity contribution is 0.306. The van der Waals surface area contributed by atoms with E-state index in [0.29, 0.717) is 18.3 Å². The smallest absolute Gasteiger partial charge is 0.258 e. The summed E-state index contributed by atoms with van der Waals surface area (Å²) in [5.41, 5.74) is 4.56. The van der Waals surface area contributed by atoms with Crippen molar-refractivity contribution < 1.29 is 9.26 Å². The first-order valence-electron chi connectivity index (χ1n) is 10.1. The van der Waals surface area contributed by atoms with Crippen molar-refractivity contribution in [1.29, 1.82) is 0 Å². The van der Waals surface area contributed by atoms with Crippen LogP contribution in [0.15, 0.2) is 77.3 Å². The highest BCUT2D eigenvalue weighted by Crippen LogP contribution is 2.26. The molecule has 0 aliphatic heterocycles. The van der Waals surface area contributed by atoms with Crippen molar-refractivity contribution >= 4 is 11.0 Å². The lowest BCUT2D eigenvalue weighted by Gasteiger charge is -2.06. The van der Waals surface area contributed by atoms with Crippen LogP contribution in [-0.2, 0) is 6.61 Å². The fourth-order valence-corrected chi connectivity index (χ4v) is 3.36. The Balaban J connectivity index is 1.32. The number of rotatable bonds is 6. The van der Waals surface area contributed by atoms with E-state index in [1.807, 2.05) is 77.5 Å². The molecule has 0 aliphatic carbocycles. The number of fused-ring (bicyclic) bond motifs is 1. The molecule has 7 nitrogen and oxygen atoms in total. The number of hydrogen-bond acceptors (Lipinski definition) is 6. The molecule has 0 amide bonds. The fourth-order valence-electron chi connectivity index (χ4n) is 3.36. The zero-order valence-corrected chi connectivity index (χ0v) is 17.3. The third-order valence-corrected chi connectivity index (χ3v) is 4.99. The van der Waals surface area contributed by atoms with Gasteiger partial charge in [-0.3, -0.25) is 0 Å². The van der Waals surface area contributed by atoms with Crippen LogP contribution in [0.3, 0.4) is 0 Å². The average Bonchev–Trinajstić information content (AvgIpc) is 3.46. The van der Waals surface area contributed by atoms with Crippen LogP contribution in [0, 0.1) is 0 Å². The summed E-state index contributed by atoms with van der Waals surface area (Å²) < 4.78 is 13.2. The van der Waals surface area contributed by atoms with Crippen LogP contribution in [0.25, 0.3) is 33.9 Å². The Bertz CT molecular complexity index is 1310. The van der Waals surface area contributed by atoms with E-state index in [-0.39, 0.29) is 6.04 Å². The lowest BCUT2D eigenvalue weighted by atomic mass is 10.2. The van der Waals surface area contributed by atoms with Gasteiger partial charge in [0, 0.05) is 17.2 Å². The van der Waals surface area contributed by atoms with Gasteiger partial charge < -0.3 is 9.26 Å². The Morgan fingerprint density at radius 3 is 2.48 bits per heavy atom. The van der Waals surface area contributed by atoms with Gasteiger partial charge in [-0.05, 0) is 61.9 Å². The molecule has 154 valence electrons. The Morgan fingerprint density at radius 2 is 1.71 bits per heavy atom. The van der Waals surface area contributed by atoms with Gasteiger partial charge >= 0.3 is 0 Å². The minimum atomic E-state index is 0.241. The number of hydrogen-bond donors (Lipinski definition) is 0. The zero-order chi connectivity index (χ0) is 21.2. The van der Waals surface area contributed by atoms with Gasteiger partial charge in [0.05, 0.1) is 5.52 Å². The first-order chi connectivity index (χ1) is 15.2. The molecule has 0 spiro atoms. The molecule has 2 aromatic heterocycles. The van der Waals surface area contributed by atoms with Crippen LogP contribution in [0.4, 0.5) is 0 Å². The average molecular weight is 411 g/mol. The summed E-state index contributed by atoms with van der Waals surface area (Å²) in [5.74, 6) is 1.76. The Morgan fingerprint density at radius 1 is 0.935 bits per heavy atom. The minimum Gasteiger partial charge on any atom is -0.489 e. The van der Waals surface area contributed by atoms with E-state index in [1.165, 1.54) is 0 Å². The van der Waals surface area contributed by atoms with E-state index in [0.717, 1.165) is 33.5 Å². The van der Waals surface area contributed by atoms with Gasteiger partial charge in [-0.15, -0.1) is 5.10 Å². The highest BCUT2D eigenvalue weighted by Gasteiger charge is 2.14. The molecule has 0 bridgehead atoms. The van der Waals surface area contributed by atoms with E-state index < -0.39 is 0 Å². The second kappa shape index (κ2) is 8.02. The van der Waals surface area contributed by atoms with Gasteiger partial charge in [-0.25, -0.2) is 4.68 Å². The van der Waals surface area contributed by atoms with Crippen molar-refractivity contribution in [2.45, 2.75) is 26.5 Å². The predicted octanol–water partition coefficient (Wildman–Crippen LogP) is 5.31. The highest BCUT2D eigenvalue weighted by molar-refractivity contribution is 5.80. The molecule has 5 aromatic rings. The summed E-state index contributed by atoms with van der Waals surface area (Å²) in [5, 5.41) is 12.6. The molecule has 5 rings (SSSR count). The van der Waals surface area contributed by atoms with E-state index in [1.54, 1.807) is 0 Å². The van der Waals surface area contributed by atoms with Crippen molar-refractivity contribution in [3.8, 4) is 28.6 Å². The molecule has 7 heteroatoms. The number of nitrogens with zero attached hydrogens (tertiary/aromatic N) is 5. The predicted molar refractivity (Wildman–Crippen MR) is 117 cm³/mol. The number of aromatic nitrogens is 5. The van der Waals surface area contributed by atoms with Gasteiger partial charge in [0.1, 0.15) is 17.9 Å². The lowest BCUT2D eigenvalue weighted by Crippen LogP contribution is -2.02. The van der Waals surface area contributed by atoms with Crippen molar-refractivity contribution in [2.75, 3.05) is 0 Å².